The third kappa shape index (κ3) is 1.08. The van der Waals surface area contributed by atoms with Gasteiger partial charge in [0.25, 0.3) is 0 Å². The summed E-state index contributed by atoms with van der Waals surface area (Å²) >= 11 is 2.40. The Labute approximate surface area is 74.8 Å². The molecule has 2 fully saturated rings. The Bertz CT molecular complexity index is 136. The van der Waals surface area contributed by atoms with Crippen LogP contribution in [-0.4, -0.2) is 30.2 Å². The molecule has 2 aliphatic rings. The highest BCUT2D eigenvalue weighted by Crippen LogP contribution is 2.36. The molecule has 1 spiro atoms. The van der Waals surface area contributed by atoms with Crippen LogP contribution in [0.1, 0.15) is 6.42 Å². The molecular weight excluding hydrogens is 241 g/mol. The molecule has 0 aliphatic carbocycles. The molecule has 0 aromatic heterocycles. The summed E-state index contributed by atoms with van der Waals surface area (Å²) in [6.07, 6.45) is 1.82. The van der Waals surface area contributed by atoms with Gasteiger partial charge in [0.15, 0.2) is 0 Å². The van der Waals surface area contributed by atoms with Crippen LogP contribution >= 0.6 is 22.6 Å². The Morgan fingerprint density at radius 1 is 1.60 bits per heavy atom. The number of rotatable bonds is 1. The number of halogens is 1. The van der Waals surface area contributed by atoms with Gasteiger partial charge in [-0.2, -0.15) is 0 Å². The maximum absolute atomic E-state index is 5.61. The van der Waals surface area contributed by atoms with Gasteiger partial charge in [-0.25, -0.2) is 0 Å². The molecule has 2 nitrogen and oxygen atoms in total. The Morgan fingerprint density at radius 2 is 2.40 bits per heavy atom. The van der Waals surface area contributed by atoms with Crippen molar-refractivity contribution in [1.29, 1.82) is 0 Å². The lowest BCUT2D eigenvalue weighted by atomic mass is 9.80. The van der Waals surface area contributed by atoms with Gasteiger partial charge >= 0.3 is 0 Å². The van der Waals surface area contributed by atoms with Crippen molar-refractivity contribution in [3.8, 4) is 0 Å². The summed E-state index contributed by atoms with van der Waals surface area (Å²) in [4.78, 5) is 0. The standard InChI is InChI=1S/C7H12INO/c8-2-6-1-7(5-10-6)3-9-4-7/h6,9H,1-5H2/t6-/m1/s1. The summed E-state index contributed by atoms with van der Waals surface area (Å²) in [7, 11) is 0. The number of ether oxygens (including phenoxy) is 1. The van der Waals surface area contributed by atoms with Crippen molar-refractivity contribution in [3.05, 3.63) is 0 Å². The van der Waals surface area contributed by atoms with E-state index in [9.17, 15) is 0 Å². The van der Waals surface area contributed by atoms with Crippen molar-refractivity contribution in [2.75, 3.05) is 24.1 Å². The first-order valence-electron chi connectivity index (χ1n) is 3.73. The van der Waals surface area contributed by atoms with Crippen LogP contribution in [0.5, 0.6) is 0 Å². The van der Waals surface area contributed by atoms with Gasteiger partial charge < -0.3 is 10.1 Å². The van der Waals surface area contributed by atoms with Gasteiger partial charge in [0.05, 0.1) is 12.7 Å². The molecule has 2 saturated heterocycles. The molecule has 0 unspecified atom stereocenters. The second kappa shape index (κ2) is 2.60. The van der Waals surface area contributed by atoms with Crippen molar-refractivity contribution in [1.82, 2.24) is 5.32 Å². The van der Waals surface area contributed by atoms with Crippen LogP contribution in [0.15, 0.2) is 0 Å². The fourth-order valence-corrected chi connectivity index (χ4v) is 2.29. The van der Waals surface area contributed by atoms with E-state index >= 15 is 0 Å². The lowest BCUT2D eigenvalue weighted by Crippen LogP contribution is -2.53. The van der Waals surface area contributed by atoms with Gasteiger partial charge in [0.1, 0.15) is 0 Å². The first-order valence-corrected chi connectivity index (χ1v) is 5.26. The number of alkyl halides is 1. The van der Waals surface area contributed by atoms with Gasteiger partial charge in [-0.15, -0.1) is 0 Å². The molecule has 0 radical (unpaired) electrons. The van der Waals surface area contributed by atoms with E-state index in [-0.39, 0.29) is 0 Å². The maximum atomic E-state index is 5.61. The molecule has 1 atom stereocenters. The average molecular weight is 253 g/mol. The summed E-state index contributed by atoms with van der Waals surface area (Å²) in [6.45, 7) is 3.36. The predicted molar refractivity (Wildman–Crippen MR) is 48.5 cm³/mol. The normalized spacial score (nSPS) is 36.3. The van der Waals surface area contributed by atoms with Gasteiger partial charge in [-0.3, -0.25) is 0 Å². The molecule has 0 aromatic rings. The van der Waals surface area contributed by atoms with Crippen molar-refractivity contribution in [2.45, 2.75) is 12.5 Å². The van der Waals surface area contributed by atoms with E-state index in [0.717, 1.165) is 11.0 Å². The van der Waals surface area contributed by atoms with Crippen molar-refractivity contribution < 1.29 is 4.74 Å². The van der Waals surface area contributed by atoms with E-state index in [1.807, 2.05) is 0 Å². The van der Waals surface area contributed by atoms with E-state index in [4.69, 9.17) is 4.74 Å². The summed E-state index contributed by atoms with van der Waals surface area (Å²) in [5.41, 5.74) is 0.551. The first kappa shape index (κ1) is 7.31. The van der Waals surface area contributed by atoms with Crippen LogP contribution in [0.3, 0.4) is 0 Å². The third-order valence-corrected chi connectivity index (χ3v) is 3.44. The molecule has 0 amide bonds. The Balaban J connectivity index is 1.92. The van der Waals surface area contributed by atoms with E-state index in [1.54, 1.807) is 0 Å². The number of nitrogens with one attached hydrogen (secondary N) is 1. The van der Waals surface area contributed by atoms with E-state index in [0.29, 0.717) is 11.5 Å². The summed E-state index contributed by atoms with van der Waals surface area (Å²) < 4.78 is 6.76. The summed E-state index contributed by atoms with van der Waals surface area (Å²) in [5, 5.41) is 3.31. The first-order chi connectivity index (χ1) is 4.85. The van der Waals surface area contributed by atoms with Gasteiger partial charge in [0, 0.05) is 22.9 Å². The van der Waals surface area contributed by atoms with Gasteiger partial charge in [-0.05, 0) is 6.42 Å². The minimum absolute atomic E-state index is 0.544. The zero-order valence-corrected chi connectivity index (χ0v) is 8.06. The van der Waals surface area contributed by atoms with Crippen molar-refractivity contribution in [2.24, 2.45) is 5.41 Å². The van der Waals surface area contributed by atoms with Crippen LogP contribution in [0, 0.1) is 5.41 Å². The van der Waals surface area contributed by atoms with Gasteiger partial charge in [0.2, 0.25) is 0 Å². The molecule has 2 heterocycles. The number of hydrogen-bond acceptors (Lipinski definition) is 2. The third-order valence-electron chi connectivity index (χ3n) is 2.46. The smallest absolute Gasteiger partial charge is 0.0671 e. The van der Waals surface area contributed by atoms with Gasteiger partial charge in [-0.1, -0.05) is 22.6 Å². The van der Waals surface area contributed by atoms with E-state index in [2.05, 4.69) is 27.9 Å². The summed E-state index contributed by atoms with van der Waals surface area (Å²) in [6, 6.07) is 0. The second-order valence-corrected chi connectivity index (χ2v) is 4.28. The average Bonchev–Trinajstić information content (AvgIpc) is 2.29. The molecule has 2 aliphatic heterocycles. The lowest BCUT2D eigenvalue weighted by Gasteiger charge is -2.37. The minimum atomic E-state index is 0.544. The van der Waals surface area contributed by atoms with Crippen molar-refractivity contribution in [3.63, 3.8) is 0 Å². The fraction of sp³-hybridized carbons (Fsp3) is 1.00. The Hall–Kier alpha value is 0.650. The zero-order valence-electron chi connectivity index (χ0n) is 5.90. The largest absolute Gasteiger partial charge is 0.377 e. The van der Waals surface area contributed by atoms with Crippen LogP contribution in [0.4, 0.5) is 0 Å². The highest BCUT2D eigenvalue weighted by Gasteiger charge is 2.44. The highest BCUT2D eigenvalue weighted by molar-refractivity contribution is 14.1. The molecule has 3 heteroatoms. The van der Waals surface area contributed by atoms with Crippen LogP contribution in [-0.2, 0) is 4.74 Å². The molecular formula is C7H12INO. The molecule has 0 bridgehead atoms. The molecule has 58 valence electrons. The molecule has 0 saturated carbocycles. The topological polar surface area (TPSA) is 21.3 Å². The van der Waals surface area contributed by atoms with Crippen LogP contribution < -0.4 is 5.32 Å². The molecule has 2 rings (SSSR count). The quantitative estimate of drug-likeness (QED) is 0.551. The Kier molecular flexibility index (Phi) is 1.90. The Morgan fingerprint density at radius 3 is 2.70 bits per heavy atom. The SMILES string of the molecule is IC[C@H]1CC2(CNC2)CO1. The van der Waals surface area contributed by atoms with Crippen LogP contribution in [0.25, 0.3) is 0 Å². The predicted octanol–water partition coefficient (Wildman–Crippen LogP) is 0.800. The zero-order chi connectivity index (χ0) is 7.03. The fourth-order valence-electron chi connectivity index (χ4n) is 1.72. The lowest BCUT2D eigenvalue weighted by molar-refractivity contribution is 0.0894. The second-order valence-electron chi connectivity index (χ2n) is 3.39. The summed E-state index contributed by atoms with van der Waals surface area (Å²) in [5.74, 6) is 0. The van der Waals surface area contributed by atoms with Crippen molar-refractivity contribution >= 4 is 22.6 Å². The maximum Gasteiger partial charge on any atom is 0.0671 e. The molecule has 1 N–H and O–H groups in total. The van der Waals surface area contributed by atoms with Crippen LogP contribution in [0.2, 0.25) is 0 Å². The minimum Gasteiger partial charge on any atom is -0.377 e. The van der Waals surface area contributed by atoms with E-state index in [1.165, 1.54) is 19.5 Å². The number of hydrogen-bond donors (Lipinski definition) is 1. The highest BCUT2D eigenvalue weighted by atomic mass is 127. The molecule has 0 aromatic carbocycles. The molecule has 10 heavy (non-hydrogen) atoms. The monoisotopic (exact) mass is 253 g/mol. The van der Waals surface area contributed by atoms with E-state index < -0.39 is 0 Å².